The van der Waals surface area contributed by atoms with E-state index in [2.05, 4.69) is 10.6 Å². The second-order valence-electron chi connectivity index (χ2n) is 13.1. The Balaban J connectivity index is 2.30. The minimum Gasteiger partial charge on any atom is -0.480 e. The lowest BCUT2D eigenvalue weighted by atomic mass is 9.84. The van der Waals surface area contributed by atoms with E-state index in [1.165, 1.54) is 7.11 Å². The van der Waals surface area contributed by atoms with Crippen LogP contribution in [0.2, 0.25) is 0 Å². The van der Waals surface area contributed by atoms with Crippen molar-refractivity contribution in [1.29, 1.82) is 0 Å². The lowest BCUT2D eigenvalue weighted by molar-refractivity contribution is -0.143. The van der Waals surface area contributed by atoms with Crippen LogP contribution in [0.1, 0.15) is 91.2 Å². The second kappa shape index (κ2) is 17.3. The molecule has 3 atom stereocenters. The fraction of sp³-hybridized carbons (Fsp3) is 0.514. The molecular weight excluding hydrogens is 606 g/mol. The summed E-state index contributed by atoms with van der Waals surface area (Å²) < 4.78 is 15.6. The molecule has 0 saturated heterocycles. The Hall–Kier alpha value is -4.61. The minimum atomic E-state index is -1.58. The number of nitrogens with zero attached hydrogens (tertiary/aromatic N) is 1. The molecule has 2 rings (SSSR count). The van der Waals surface area contributed by atoms with Gasteiger partial charge in [0.2, 0.25) is 5.91 Å². The summed E-state index contributed by atoms with van der Waals surface area (Å²) in [6, 6.07) is 15.6. The van der Waals surface area contributed by atoms with Crippen molar-refractivity contribution in [1.82, 2.24) is 15.5 Å². The first-order chi connectivity index (χ1) is 22.0. The molecule has 12 nitrogen and oxygen atoms in total. The number of carboxylic acid groups (broad SMARTS) is 1. The van der Waals surface area contributed by atoms with Crippen LogP contribution in [-0.2, 0) is 23.8 Å². The van der Waals surface area contributed by atoms with Crippen LogP contribution in [0.4, 0.5) is 14.4 Å². The molecule has 47 heavy (non-hydrogen) atoms. The highest BCUT2D eigenvalue weighted by Gasteiger charge is 2.40. The molecule has 12 heteroatoms. The summed E-state index contributed by atoms with van der Waals surface area (Å²) in [6.45, 7) is 11.5. The maximum atomic E-state index is 13.9. The predicted molar refractivity (Wildman–Crippen MR) is 176 cm³/mol. The molecule has 0 radical (unpaired) electrons. The number of methoxy groups -OCH3 is 1. The van der Waals surface area contributed by atoms with Gasteiger partial charge in [0.1, 0.15) is 23.3 Å². The first kappa shape index (κ1) is 38.6. The number of ether oxygens (including phenoxy) is 3. The van der Waals surface area contributed by atoms with Gasteiger partial charge in [-0.1, -0.05) is 67.6 Å². The zero-order chi connectivity index (χ0) is 35.4. The number of aliphatic carboxylic acids is 1. The first-order valence-corrected chi connectivity index (χ1v) is 15.7. The van der Waals surface area contributed by atoms with Crippen LogP contribution in [-0.4, -0.2) is 76.6 Å². The van der Waals surface area contributed by atoms with Crippen molar-refractivity contribution in [2.45, 2.75) is 109 Å². The van der Waals surface area contributed by atoms with E-state index in [1.54, 1.807) is 41.5 Å². The molecule has 2 aromatic carbocycles. The normalized spacial score (nSPS) is 13.5. The van der Waals surface area contributed by atoms with Crippen LogP contribution < -0.4 is 10.6 Å². The highest BCUT2D eigenvalue weighted by molar-refractivity contribution is 5.93. The van der Waals surface area contributed by atoms with Crippen LogP contribution in [0.15, 0.2) is 60.7 Å². The third-order valence-electron chi connectivity index (χ3n) is 7.04. The average Bonchev–Trinajstić information content (AvgIpc) is 2.98. The standard InChI is InChI=1S/C35H49N3O9/c1-9-25(21-16-22-26(30(40)41)38(32(43)46-34(2,3)4)33(44)47-35(5,6)7)36-29(39)28(37-31(42)45-8)27(23-17-12-10-13-18-23)24-19-14-11-15-20-24/h10-15,17-20,25-28H,9,16,21-22H2,1-8H3,(H,36,39)(H,37,42)(H,40,41)/t25?,26-,28-/m0/s1. The number of carbonyl (C=O) groups is 5. The number of rotatable bonds is 13. The molecule has 0 aliphatic rings. The predicted octanol–water partition coefficient (Wildman–Crippen LogP) is 6.23. The highest BCUT2D eigenvalue weighted by Crippen LogP contribution is 2.29. The van der Waals surface area contributed by atoms with Gasteiger partial charge < -0.3 is 30.0 Å². The number of alkyl carbamates (subject to hydrolysis) is 1. The van der Waals surface area contributed by atoms with Gasteiger partial charge in [-0.05, 0) is 78.4 Å². The van der Waals surface area contributed by atoms with Crippen molar-refractivity contribution in [2.75, 3.05) is 7.11 Å². The lowest BCUT2D eigenvalue weighted by Crippen LogP contribution is -2.53. The van der Waals surface area contributed by atoms with Gasteiger partial charge in [0.25, 0.3) is 0 Å². The van der Waals surface area contributed by atoms with Crippen molar-refractivity contribution in [2.24, 2.45) is 0 Å². The van der Waals surface area contributed by atoms with E-state index in [4.69, 9.17) is 14.2 Å². The van der Waals surface area contributed by atoms with Gasteiger partial charge in [0, 0.05) is 12.0 Å². The molecule has 3 N–H and O–H groups in total. The maximum Gasteiger partial charge on any atom is 0.420 e. The van der Waals surface area contributed by atoms with E-state index in [0.717, 1.165) is 11.1 Å². The maximum absolute atomic E-state index is 13.9. The number of carbonyl (C=O) groups excluding carboxylic acids is 4. The Bertz CT molecular complexity index is 1270. The molecule has 0 saturated carbocycles. The molecule has 1 unspecified atom stereocenters. The second-order valence-corrected chi connectivity index (χ2v) is 13.1. The molecule has 0 fully saturated rings. The summed E-state index contributed by atoms with van der Waals surface area (Å²) >= 11 is 0. The van der Waals surface area contributed by atoms with Crippen LogP contribution in [0.25, 0.3) is 0 Å². The third kappa shape index (κ3) is 12.6. The van der Waals surface area contributed by atoms with E-state index in [9.17, 15) is 29.1 Å². The number of hydrogen-bond donors (Lipinski definition) is 3. The Labute approximate surface area is 277 Å². The average molecular weight is 656 g/mol. The number of nitrogens with one attached hydrogen (secondary N) is 2. The van der Waals surface area contributed by atoms with Crippen molar-refractivity contribution in [3.8, 4) is 0 Å². The summed E-state index contributed by atoms with van der Waals surface area (Å²) in [5.41, 5.74) is -0.386. The molecule has 0 heterocycles. The van der Waals surface area contributed by atoms with Gasteiger partial charge in [-0.25, -0.2) is 19.2 Å². The van der Waals surface area contributed by atoms with Crippen LogP contribution in [0.5, 0.6) is 0 Å². The van der Waals surface area contributed by atoms with Crippen LogP contribution >= 0.6 is 0 Å². The minimum absolute atomic E-state index is 0.124. The fourth-order valence-electron chi connectivity index (χ4n) is 4.93. The molecule has 258 valence electrons. The Kier molecular flexibility index (Phi) is 14.2. The van der Waals surface area contributed by atoms with Gasteiger partial charge in [-0.3, -0.25) is 4.79 Å². The number of imide groups is 1. The van der Waals surface area contributed by atoms with Gasteiger partial charge >= 0.3 is 24.2 Å². The monoisotopic (exact) mass is 655 g/mol. The van der Waals surface area contributed by atoms with E-state index in [1.807, 2.05) is 67.6 Å². The Morgan fingerprint density at radius 1 is 0.766 bits per heavy atom. The van der Waals surface area contributed by atoms with Gasteiger partial charge in [0.15, 0.2) is 0 Å². The largest absolute Gasteiger partial charge is 0.480 e. The van der Waals surface area contributed by atoms with Crippen molar-refractivity contribution >= 4 is 30.2 Å². The molecule has 0 bridgehead atoms. The molecule has 0 aromatic heterocycles. The number of carboxylic acids is 1. The lowest BCUT2D eigenvalue weighted by Gasteiger charge is -2.32. The number of benzene rings is 2. The van der Waals surface area contributed by atoms with E-state index >= 15 is 0 Å². The summed E-state index contributed by atoms with van der Waals surface area (Å²) in [4.78, 5) is 65.4. The van der Waals surface area contributed by atoms with E-state index in [-0.39, 0.29) is 12.8 Å². The number of hydrogen-bond acceptors (Lipinski definition) is 8. The summed E-state index contributed by atoms with van der Waals surface area (Å²) in [5, 5.41) is 15.8. The molecule has 0 aliphatic carbocycles. The zero-order valence-electron chi connectivity index (χ0n) is 28.6. The quantitative estimate of drug-likeness (QED) is 0.212. The van der Waals surface area contributed by atoms with Crippen LogP contribution in [0, 0.1) is 0 Å². The molecule has 4 amide bonds. The summed E-state index contributed by atoms with van der Waals surface area (Å²) in [6.07, 6.45) is -2.15. The smallest absolute Gasteiger partial charge is 0.420 e. The van der Waals surface area contributed by atoms with Crippen molar-refractivity contribution in [3.05, 3.63) is 71.8 Å². The third-order valence-corrected chi connectivity index (χ3v) is 7.04. The molecule has 0 aliphatic heterocycles. The highest BCUT2D eigenvalue weighted by atomic mass is 16.6. The van der Waals surface area contributed by atoms with E-state index < -0.39 is 65.4 Å². The molecule has 2 aromatic rings. The summed E-state index contributed by atoms with van der Waals surface area (Å²) in [5.74, 6) is -2.42. The SMILES string of the molecule is CCC(CCC[C@@H](C(=O)O)N(C(=O)OC(C)(C)C)C(=O)OC(C)(C)C)NC(=O)[C@@H](NC(=O)OC)C(c1ccccc1)c1ccccc1. The van der Waals surface area contributed by atoms with Gasteiger partial charge in [0.05, 0.1) is 7.11 Å². The fourth-order valence-corrected chi connectivity index (χ4v) is 4.93. The summed E-state index contributed by atoms with van der Waals surface area (Å²) in [7, 11) is 1.22. The van der Waals surface area contributed by atoms with Gasteiger partial charge in [-0.2, -0.15) is 4.90 Å². The Morgan fingerprint density at radius 3 is 1.62 bits per heavy atom. The first-order valence-electron chi connectivity index (χ1n) is 15.7. The Morgan fingerprint density at radius 2 is 1.23 bits per heavy atom. The zero-order valence-corrected chi connectivity index (χ0v) is 28.6. The van der Waals surface area contributed by atoms with Crippen molar-refractivity contribution in [3.63, 3.8) is 0 Å². The van der Waals surface area contributed by atoms with Crippen LogP contribution in [0.3, 0.4) is 0 Å². The molecular formula is C35H49N3O9. The molecule has 0 spiro atoms. The number of amides is 4. The van der Waals surface area contributed by atoms with E-state index in [0.29, 0.717) is 17.7 Å². The van der Waals surface area contributed by atoms with Crippen molar-refractivity contribution < 1.29 is 43.3 Å². The van der Waals surface area contributed by atoms with Gasteiger partial charge in [-0.15, -0.1) is 0 Å². The topological polar surface area (TPSA) is 161 Å².